The fourth-order valence-corrected chi connectivity index (χ4v) is 1.37. The summed E-state index contributed by atoms with van der Waals surface area (Å²) in [6.45, 7) is 2.05. The SMILES string of the molecule is CNC(C)c1cc2ncc(Cl)cn2n1. The van der Waals surface area contributed by atoms with E-state index in [1.54, 1.807) is 16.9 Å². The fraction of sp³-hybridized carbons (Fsp3) is 0.333. The van der Waals surface area contributed by atoms with Crippen LogP contribution in [-0.2, 0) is 0 Å². The number of hydrogen-bond donors (Lipinski definition) is 1. The van der Waals surface area contributed by atoms with Crippen molar-refractivity contribution in [2.75, 3.05) is 7.05 Å². The quantitative estimate of drug-likeness (QED) is 0.820. The second kappa shape index (κ2) is 3.55. The van der Waals surface area contributed by atoms with Crippen molar-refractivity contribution in [1.29, 1.82) is 0 Å². The average Bonchev–Trinajstić information content (AvgIpc) is 2.59. The van der Waals surface area contributed by atoms with Gasteiger partial charge in [-0.3, -0.25) is 0 Å². The van der Waals surface area contributed by atoms with Crippen LogP contribution in [0.1, 0.15) is 18.7 Å². The number of fused-ring (bicyclic) bond motifs is 1. The molecule has 0 aliphatic heterocycles. The van der Waals surface area contributed by atoms with Crippen molar-refractivity contribution >= 4 is 17.2 Å². The summed E-state index contributed by atoms with van der Waals surface area (Å²) in [5, 5.41) is 8.06. The Morgan fingerprint density at radius 3 is 3.07 bits per heavy atom. The molecule has 74 valence electrons. The molecule has 0 spiro atoms. The van der Waals surface area contributed by atoms with E-state index in [1.807, 2.05) is 20.0 Å². The van der Waals surface area contributed by atoms with Crippen LogP contribution < -0.4 is 5.32 Å². The number of nitrogens with zero attached hydrogens (tertiary/aromatic N) is 3. The van der Waals surface area contributed by atoms with Gasteiger partial charge in [-0.15, -0.1) is 0 Å². The zero-order valence-corrected chi connectivity index (χ0v) is 8.78. The van der Waals surface area contributed by atoms with Gasteiger partial charge in [0.15, 0.2) is 5.65 Å². The number of aromatic nitrogens is 3. The summed E-state index contributed by atoms with van der Waals surface area (Å²) in [6.07, 6.45) is 3.36. The molecule has 0 aliphatic carbocycles. The third kappa shape index (κ3) is 1.58. The molecule has 2 rings (SSSR count). The van der Waals surface area contributed by atoms with Gasteiger partial charge < -0.3 is 5.32 Å². The van der Waals surface area contributed by atoms with Crippen molar-refractivity contribution in [2.45, 2.75) is 13.0 Å². The largest absolute Gasteiger partial charge is 0.312 e. The highest BCUT2D eigenvalue weighted by molar-refractivity contribution is 6.30. The van der Waals surface area contributed by atoms with Gasteiger partial charge in [0.05, 0.1) is 16.9 Å². The van der Waals surface area contributed by atoms with Crippen molar-refractivity contribution in [3.05, 3.63) is 29.2 Å². The summed E-state index contributed by atoms with van der Waals surface area (Å²) in [4.78, 5) is 4.16. The Morgan fingerprint density at radius 1 is 1.57 bits per heavy atom. The molecule has 4 nitrogen and oxygen atoms in total. The molecule has 2 heterocycles. The highest BCUT2D eigenvalue weighted by Crippen LogP contribution is 2.13. The van der Waals surface area contributed by atoms with Crippen molar-refractivity contribution in [3.63, 3.8) is 0 Å². The van der Waals surface area contributed by atoms with Gasteiger partial charge in [-0.05, 0) is 14.0 Å². The molecule has 5 heteroatoms. The van der Waals surface area contributed by atoms with Crippen LogP contribution in [0, 0.1) is 0 Å². The Morgan fingerprint density at radius 2 is 2.36 bits per heavy atom. The molecule has 0 saturated carbocycles. The Balaban J connectivity index is 2.51. The third-order valence-electron chi connectivity index (χ3n) is 2.18. The maximum absolute atomic E-state index is 5.80. The summed E-state index contributed by atoms with van der Waals surface area (Å²) in [5.41, 5.74) is 1.77. The van der Waals surface area contributed by atoms with Gasteiger partial charge in [0.1, 0.15) is 0 Å². The molecule has 0 radical (unpaired) electrons. The molecule has 0 fully saturated rings. The molecule has 0 amide bonds. The molecule has 0 saturated heterocycles. The van der Waals surface area contributed by atoms with Crippen LogP contribution in [0.5, 0.6) is 0 Å². The zero-order valence-electron chi connectivity index (χ0n) is 8.03. The number of hydrogen-bond acceptors (Lipinski definition) is 3. The highest BCUT2D eigenvalue weighted by atomic mass is 35.5. The lowest BCUT2D eigenvalue weighted by Gasteiger charge is -2.03. The first-order chi connectivity index (χ1) is 6.70. The van der Waals surface area contributed by atoms with E-state index in [2.05, 4.69) is 15.4 Å². The molecule has 0 aliphatic rings. The van der Waals surface area contributed by atoms with Gasteiger partial charge in [0, 0.05) is 18.3 Å². The second-order valence-corrected chi connectivity index (χ2v) is 3.59. The normalized spacial score (nSPS) is 13.4. The first kappa shape index (κ1) is 9.43. The average molecular weight is 211 g/mol. The molecule has 2 aromatic heterocycles. The van der Waals surface area contributed by atoms with Crippen LogP contribution in [-0.4, -0.2) is 21.6 Å². The minimum atomic E-state index is 0.218. The second-order valence-electron chi connectivity index (χ2n) is 3.15. The third-order valence-corrected chi connectivity index (χ3v) is 2.37. The first-order valence-corrected chi connectivity index (χ1v) is 4.76. The molecule has 14 heavy (non-hydrogen) atoms. The molecular formula is C9H11ClN4. The van der Waals surface area contributed by atoms with Crippen molar-refractivity contribution < 1.29 is 0 Å². The molecule has 1 atom stereocenters. The van der Waals surface area contributed by atoms with Gasteiger partial charge in [0.2, 0.25) is 0 Å². The van der Waals surface area contributed by atoms with Crippen LogP contribution in [0.4, 0.5) is 0 Å². The van der Waals surface area contributed by atoms with Crippen molar-refractivity contribution in [2.24, 2.45) is 0 Å². The summed E-state index contributed by atoms with van der Waals surface area (Å²) >= 11 is 5.80. The predicted molar refractivity (Wildman–Crippen MR) is 55.5 cm³/mol. The summed E-state index contributed by atoms with van der Waals surface area (Å²) in [7, 11) is 1.90. The zero-order chi connectivity index (χ0) is 10.1. The van der Waals surface area contributed by atoms with E-state index in [0.717, 1.165) is 11.3 Å². The Kier molecular flexibility index (Phi) is 2.39. The minimum absolute atomic E-state index is 0.218. The molecule has 2 aromatic rings. The van der Waals surface area contributed by atoms with Crippen LogP contribution in [0.25, 0.3) is 5.65 Å². The Labute approximate surface area is 86.9 Å². The standard InChI is InChI=1S/C9H11ClN4/c1-6(11-2)8-3-9-12-4-7(10)5-14(9)13-8/h3-6,11H,1-2H3. The van der Waals surface area contributed by atoms with E-state index < -0.39 is 0 Å². The van der Waals surface area contributed by atoms with Gasteiger partial charge in [-0.1, -0.05) is 11.6 Å². The maximum atomic E-state index is 5.80. The molecular weight excluding hydrogens is 200 g/mol. The van der Waals surface area contributed by atoms with E-state index in [0.29, 0.717) is 5.02 Å². The molecule has 1 unspecified atom stereocenters. The molecule has 1 N–H and O–H groups in total. The molecule has 0 bridgehead atoms. The lowest BCUT2D eigenvalue weighted by atomic mass is 10.2. The monoisotopic (exact) mass is 210 g/mol. The van der Waals surface area contributed by atoms with Gasteiger partial charge in [0.25, 0.3) is 0 Å². The first-order valence-electron chi connectivity index (χ1n) is 4.39. The van der Waals surface area contributed by atoms with E-state index in [4.69, 9.17) is 11.6 Å². The summed E-state index contributed by atoms with van der Waals surface area (Å²) < 4.78 is 1.69. The number of halogens is 1. The van der Waals surface area contributed by atoms with E-state index >= 15 is 0 Å². The van der Waals surface area contributed by atoms with Gasteiger partial charge >= 0.3 is 0 Å². The number of nitrogens with one attached hydrogen (secondary N) is 1. The van der Waals surface area contributed by atoms with E-state index in [-0.39, 0.29) is 6.04 Å². The predicted octanol–water partition coefficient (Wildman–Crippen LogP) is 1.66. The topological polar surface area (TPSA) is 42.2 Å². The highest BCUT2D eigenvalue weighted by Gasteiger charge is 2.08. The minimum Gasteiger partial charge on any atom is -0.312 e. The number of rotatable bonds is 2. The Bertz CT molecular complexity index is 451. The fourth-order valence-electron chi connectivity index (χ4n) is 1.23. The van der Waals surface area contributed by atoms with E-state index in [9.17, 15) is 0 Å². The maximum Gasteiger partial charge on any atom is 0.155 e. The van der Waals surface area contributed by atoms with Crippen LogP contribution in [0.2, 0.25) is 5.02 Å². The smallest absolute Gasteiger partial charge is 0.155 e. The lowest BCUT2D eigenvalue weighted by molar-refractivity contribution is 0.625. The van der Waals surface area contributed by atoms with Crippen LogP contribution in [0.3, 0.4) is 0 Å². The van der Waals surface area contributed by atoms with E-state index in [1.165, 1.54) is 0 Å². The molecule has 0 aromatic carbocycles. The Hall–Kier alpha value is -1.13. The van der Waals surface area contributed by atoms with Gasteiger partial charge in [-0.25, -0.2) is 9.50 Å². The van der Waals surface area contributed by atoms with Gasteiger partial charge in [-0.2, -0.15) is 5.10 Å². The lowest BCUT2D eigenvalue weighted by Crippen LogP contribution is -2.12. The van der Waals surface area contributed by atoms with Crippen molar-refractivity contribution in [1.82, 2.24) is 19.9 Å². The van der Waals surface area contributed by atoms with Crippen LogP contribution >= 0.6 is 11.6 Å². The van der Waals surface area contributed by atoms with Crippen molar-refractivity contribution in [3.8, 4) is 0 Å². The van der Waals surface area contributed by atoms with Crippen LogP contribution in [0.15, 0.2) is 18.5 Å². The summed E-state index contributed by atoms with van der Waals surface area (Å²) in [6, 6.07) is 2.16. The summed E-state index contributed by atoms with van der Waals surface area (Å²) in [5.74, 6) is 0.